The highest BCUT2D eigenvalue weighted by molar-refractivity contribution is 6.31. The normalized spacial score (nSPS) is 12.8. The van der Waals surface area contributed by atoms with E-state index in [2.05, 4.69) is 12.0 Å². The van der Waals surface area contributed by atoms with Crippen LogP contribution in [0.3, 0.4) is 0 Å². The second-order valence-corrected chi connectivity index (χ2v) is 10.9. The van der Waals surface area contributed by atoms with Gasteiger partial charge >= 0.3 is 0 Å². The summed E-state index contributed by atoms with van der Waals surface area (Å²) in [6.45, 7) is 4.45. The van der Waals surface area contributed by atoms with E-state index < -0.39 is 0 Å². The number of aromatic amines is 1. The van der Waals surface area contributed by atoms with Gasteiger partial charge in [0.1, 0.15) is 5.52 Å². The minimum absolute atomic E-state index is 0.00586. The number of nitrogens with one attached hydrogen (secondary N) is 1. The van der Waals surface area contributed by atoms with Crippen molar-refractivity contribution in [1.29, 1.82) is 0 Å². The SMILES string of the molecule is CC(Cc1c2cc(Cl)ccc2[nH][n+]1C)C(C)C(=O)c1cccc(C(=O)c2ccc(Cn3ccccc3=O)cc2)c1. The molecule has 40 heavy (non-hydrogen) atoms. The number of hydrogen-bond acceptors (Lipinski definition) is 3. The number of benzene rings is 3. The number of ketones is 2. The number of Topliss-reactive ketones (excluding diaryl/α,β-unsaturated/α-hetero) is 1. The first kappa shape index (κ1) is 27.3. The van der Waals surface area contributed by atoms with Gasteiger partial charge < -0.3 is 4.57 Å². The Labute approximate surface area is 237 Å². The van der Waals surface area contributed by atoms with Crippen molar-refractivity contribution in [1.82, 2.24) is 9.67 Å². The summed E-state index contributed by atoms with van der Waals surface area (Å²) in [5.74, 6) is -0.344. The summed E-state index contributed by atoms with van der Waals surface area (Å²) < 4.78 is 3.60. The molecule has 0 bridgehead atoms. The zero-order valence-electron chi connectivity index (χ0n) is 22.7. The van der Waals surface area contributed by atoms with Crippen LogP contribution in [-0.2, 0) is 20.0 Å². The van der Waals surface area contributed by atoms with E-state index >= 15 is 0 Å². The van der Waals surface area contributed by atoms with Crippen molar-refractivity contribution in [2.45, 2.75) is 26.8 Å². The molecule has 0 radical (unpaired) electrons. The highest BCUT2D eigenvalue weighted by Gasteiger charge is 2.27. The number of nitrogens with zero attached hydrogens (tertiary/aromatic N) is 2. The maximum atomic E-state index is 13.5. The van der Waals surface area contributed by atoms with Crippen molar-refractivity contribution >= 4 is 34.1 Å². The van der Waals surface area contributed by atoms with Gasteiger partial charge in [-0.3, -0.25) is 14.4 Å². The van der Waals surface area contributed by atoms with E-state index in [1.807, 2.05) is 55.1 Å². The minimum Gasteiger partial charge on any atom is -0.311 e. The molecule has 2 aromatic heterocycles. The van der Waals surface area contributed by atoms with Gasteiger partial charge in [-0.25, -0.2) is 0 Å². The van der Waals surface area contributed by atoms with E-state index in [0.29, 0.717) is 34.7 Å². The van der Waals surface area contributed by atoms with E-state index in [1.165, 1.54) is 6.07 Å². The molecule has 202 valence electrons. The van der Waals surface area contributed by atoms with Gasteiger partial charge in [-0.2, -0.15) is 5.10 Å². The Morgan fingerprint density at radius 1 is 0.900 bits per heavy atom. The van der Waals surface area contributed by atoms with Gasteiger partial charge in [-0.1, -0.05) is 74.0 Å². The van der Waals surface area contributed by atoms with Gasteiger partial charge in [0.05, 0.1) is 11.9 Å². The molecule has 0 aliphatic carbocycles. The third kappa shape index (κ3) is 5.68. The van der Waals surface area contributed by atoms with Crippen molar-refractivity contribution in [3.05, 3.63) is 134 Å². The number of rotatable bonds is 9. The van der Waals surface area contributed by atoms with Crippen molar-refractivity contribution < 1.29 is 14.3 Å². The third-order valence-corrected chi connectivity index (χ3v) is 7.88. The second kappa shape index (κ2) is 11.4. The van der Waals surface area contributed by atoms with Crippen LogP contribution in [0.5, 0.6) is 0 Å². The van der Waals surface area contributed by atoms with Gasteiger partial charge in [-0.05, 0) is 41.8 Å². The summed E-state index contributed by atoms with van der Waals surface area (Å²) in [7, 11) is 1.96. The monoisotopic (exact) mass is 552 g/mol. The van der Waals surface area contributed by atoms with E-state index in [0.717, 1.165) is 22.2 Å². The van der Waals surface area contributed by atoms with Crippen molar-refractivity contribution in [2.24, 2.45) is 18.9 Å². The van der Waals surface area contributed by atoms with Crippen LogP contribution < -0.4 is 10.2 Å². The fraction of sp³-hybridized carbons (Fsp3) is 0.212. The van der Waals surface area contributed by atoms with Crippen LogP contribution in [0.1, 0.15) is 51.4 Å². The summed E-state index contributed by atoms with van der Waals surface area (Å²) in [6, 6.07) is 25.0. The smallest absolute Gasteiger partial charge is 0.250 e. The molecule has 0 amide bonds. The molecule has 7 heteroatoms. The van der Waals surface area contributed by atoms with Crippen molar-refractivity contribution in [3.8, 4) is 0 Å². The van der Waals surface area contributed by atoms with Crippen LogP contribution in [0.15, 0.2) is 95.9 Å². The summed E-state index contributed by atoms with van der Waals surface area (Å²) in [6.07, 6.45) is 2.44. The number of aryl methyl sites for hydroxylation is 1. The molecule has 0 saturated heterocycles. The molecule has 0 fully saturated rings. The first-order valence-electron chi connectivity index (χ1n) is 13.3. The first-order valence-corrected chi connectivity index (χ1v) is 13.7. The topological polar surface area (TPSA) is 75.8 Å². The van der Waals surface area contributed by atoms with Crippen LogP contribution in [-0.4, -0.2) is 21.2 Å². The lowest BCUT2D eigenvalue weighted by Crippen LogP contribution is -2.36. The van der Waals surface area contributed by atoms with Crippen LogP contribution in [0.2, 0.25) is 5.02 Å². The molecule has 5 rings (SSSR count). The number of fused-ring (bicyclic) bond motifs is 1. The number of hydrogen-bond donors (Lipinski definition) is 1. The Morgan fingerprint density at radius 3 is 2.40 bits per heavy atom. The number of halogens is 1. The lowest BCUT2D eigenvalue weighted by Gasteiger charge is -2.18. The quantitative estimate of drug-likeness (QED) is 0.186. The second-order valence-electron chi connectivity index (χ2n) is 10.4. The number of H-pyrrole nitrogens is 1. The van der Waals surface area contributed by atoms with Gasteiger partial charge in [-0.15, -0.1) is 4.68 Å². The average molecular weight is 553 g/mol. The molecule has 2 unspecified atom stereocenters. The largest absolute Gasteiger partial charge is 0.311 e. The van der Waals surface area contributed by atoms with E-state index in [4.69, 9.17) is 11.6 Å². The van der Waals surface area contributed by atoms with Gasteiger partial charge in [0.2, 0.25) is 5.69 Å². The summed E-state index contributed by atoms with van der Waals surface area (Å²) >= 11 is 6.24. The zero-order chi connectivity index (χ0) is 28.4. The Kier molecular flexibility index (Phi) is 7.81. The predicted molar refractivity (Wildman–Crippen MR) is 157 cm³/mol. The average Bonchev–Trinajstić information content (AvgIpc) is 3.27. The number of pyridine rings is 1. The fourth-order valence-electron chi connectivity index (χ4n) is 5.06. The molecule has 0 aliphatic rings. The van der Waals surface area contributed by atoms with Crippen molar-refractivity contribution in [2.75, 3.05) is 0 Å². The number of carbonyl (C=O) groups is 2. The van der Waals surface area contributed by atoms with Gasteiger partial charge in [0.15, 0.2) is 18.6 Å². The van der Waals surface area contributed by atoms with Crippen LogP contribution in [0.25, 0.3) is 10.9 Å². The summed E-state index contributed by atoms with van der Waals surface area (Å²) in [5, 5.41) is 5.06. The molecule has 5 aromatic rings. The van der Waals surface area contributed by atoms with E-state index in [-0.39, 0.29) is 29.0 Å². The van der Waals surface area contributed by atoms with Gasteiger partial charge in [0, 0.05) is 46.3 Å². The zero-order valence-corrected chi connectivity index (χ0v) is 23.5. The van der Waals surface area contributed by atoms with E-state index in [9.17, 15) is 14.4 Å². The maximum Gasteiger partial charge on any atom is 0.250 e. The lowest BCUT2D eigenvalue weighted by atomic mass is 9.84. The molecule has 0 aliphatic heterocycles. The molecule has 2 atom stereocenters. The Balaban J connectivity index is 1.30. The first-order chi connectivity index (χ1) is 19.2. The van der Waals surface area contributed by atoms with E-state index in [1.54, 1.807) is 53.2 Å². The molecular formula is C33H31ClN3O3+. The number of aromatic nitrogens is 3. The minimum atomic E-state index is -0.254. The molecule has 1 N–H and O–H groups in total. The highest BCUT2D eigenvalue weighted by Crippen LogP contribution is 2.26. The Morgan fingerprint density at radius 2 is 1.65 bits per heavy atom. The lowest BCUT2D eigenvalue weighted by molar-refractivity contribution is -0.731. The third-order valence-electron chi connectivity index (χ3n) is 7.65. The standard InChI is InChI=1S/C33H30ClN3O3/c1-21(17-30-28-19-27(34)14-15-29(28)35-36(30)3)22(2)32(39)25-7-6-8-26(18-25)33(40)24-12-10-23(11-13-24)20-37-16-5-4-9-31(37)38/h4-16,18-19,21-22H,17,20H2,1-3H3/p+1. The molecule has 3 aromatic carbocycles. The Hall–Kier alpha value is -4.29. The predicted octanol–water partition coefficient (Wildman–Crippen LogP) is 5.78. The summed E-state index contributed by atoms with van der Waals surface area (Å²) in [4.78, 5) is 38.8. The molecule has 2 heterocycles. The van der Waals surface area contributed by atoms with Crippen molar-refractivity contribution in [3.63, 3.8) is 0 Å². The Bertz CT molecular complexity index is 1770. The summed E-state index contributed by atoms with van der Waals surface area (Å²) in [5.41, 5.74) is 4.46. The molecule has 6 nitrogen and oxygen atoms in total. The molecule has 0 saturated carbocycles. The van der Waals surface area contributed by atoms with Crippen LogP contribution in [0, 0.1) is 11.8 Å². The molecule has 0 spiro atoms. The van der Waals surface area contributed by atoms with Crippen LogP contribution >= 0.6 is 11.6 Å². The fourth-order valence-corrected chi connectivity index (χ4v) is 5.23. The van der Waals surface area contributed by atoms with Gasteiger partial charge in [0.25, 0.3) is 5.56 Å². The highest BCUT2D eigenvalue weighted by atomic mass is 35.5. The maximum absolute atomic E-state index is 13.5. The van der Waals surface area contributed by atoms with Crippen LogP contribution in [0.4, 0.5) is 0 Å². The molecular weight excluding hydrogens is 522 g/mol. The number of carbonyl (C=O) groups excluding carboxylic acids is 2.